The Morgan fingerprint density at radius 3 is 2.66 bits per heavy atom. The summed E-state index contributed by atoms with van der Waals surface area (Å²) in [5.41, 5.74) is 0.681. The average molecular weight is 409 g/mol. The number of halogens is 3. The van der Waals surface area contributed by atoms with Gasteiger partial charge in [-0.3, -0.25) is 9.69 Å². The molecule has 0 aliphatic carbocycles. The number of aliphatic carboxylic acids is 1. The minimum absolute atomic E-state index is 0.0339. The molecule has 1 N–H and O–H groups in total. The summed E-state index contributed by atoms with van der Waals surface area (Å²) < 4.78 is 49.7. The van der Waals surface area contributed by atoms with Crippen LogP contribution in [0.5, 0.6) is 5.75 Å². The van der Waals surface area contributed by atoms with Crippen molar-refractivity contribution in [3.63, 3.8) is 0 Å². The van der Waals surface area contributed by atoms with Gasteiger partial charge in [0.1, 0.15) is 12.4 Å². The number of alkyl halides is 3. The molecular formula is C21H22F3NO4. The van der Waals surface area contributed by atoms with Crippen molar-refractivity contribution in [1.82, 2.24) is 4.90 Å². The van der Waals surface area contributed by atoms with E-state index in [9.17, 15) is 18.0 Å². The number of carboxylic acids is 1. The van der Waals surface area contributed by atoms with Crippen molar-refractivity contribution < 1.29 is 32.5 Å². The van der Waals surface area contributed by atoms with Crippen molar-refractivity contribution in [2.45, 2.75) is 25.3 Å². The van der Waals surface area contributed by atoms with Crippen LogP contribution in [0.25, 0.3) is 0 Å². The van der Waals surface area contributed by atoms with E-state index in [0.717, 1.165) is 17.7 Å². The number of morpholine rings is 1. The van der Waals surface area contributed by atoms with Gasteiger partial charge in [0, 0.05) is 19.6 Å². The highest BCUT2D eigenvalue weighted by molar-refractivity contribution is 5.66. The normalized spacial score (nSPS) is 17.8. The van der Waals surface area contributed by atoms with Gasteiger partial charge in [0.05, 0.1) is 24.7 Å². The maximum atomic E-state index is 12.8. The van der Waals surface area contributed by atoms with Crippen molar-refractivity contribution in [1.29, 1.82) is 0 Å². The third-order valence-corrected chi connectivity index (χ3v) is 4.70. The van der Waals surface area contributed by atoms with Gasteiger partial charge in [0.15, 0.2) is 0 Å². The van der Waals surface area contributed by atoms with Crippen LogP contribution in [0.15, 0.2) is 48.5 Å². The number of nitrogens with zero attached hydrogens (tertiary/aromatic N) is 1. The molecule has 0 aromatic heterocycles. The molecule has 1 aliphatic rings. The Labute approximate surface area is 166 Å². The molecule has 1 unspecified atom stereocenters. The van der Waals surface area contributed by atoms with E-state index in [2.05, 4.69) is 4.90 Å². The average Bonchev–Trinajstić information content (AvgIpc) is 2.71. The zero-order valence-electron chi connectivity index (χ0n) is 15.7. The van der Waals surface area contributed by atoms with Gasteiger partial charge in [-0.1, -0.05) is 24.3 Å². The molecule has 29 heavy (non-hydrogen) atoms. The van der Waals surface area contributed by atoms with Crippen LogP contribution >= 0.6 is 0 Å². The quantitative estimate of drug-likeness (QED) is 0.745. The molecule has 0 radical (unpaired) electrons. The molecule has 0 saturated carbocycles. The Morgan fingerprint density at radius 2 is 1.97 bits per heavy atom. The van der Waals surface area contributed by atoms with Crippen LogP contribution in [0.1, 0.15) is 29.2 Å². The molecule has 1 fully saturated rings. The summed E-state index contributed by atoms with van der Waals surface area (Å²) in [6.45, 7) is 2.34. The molecule has 2 aromatic carbocycles. The first-order chi connectivity index (χ1) is 13.8. The Bertz CT molecular complexity index is 823. The van der Waals surface area contributed by atoms with Gasteiger partial charge in [0.25, 0.3) is 0 Å². The molecule has 0 spiro atoms. The lowest BCUT2D eigenvalue weighted by Gasteiger charge is -2.32. The van der Waals surface area contributed by atoms with Gasteiger partial charge in [-0.15, -0.1) is 0 Å². The van der Waals surface area contributed by atoms with E-state index in [0.29, 0.717) is 37.6 Å². The second-order valence-electron chi connectivity index (χ2n) is 6.86. The lowest BCUT2D eigenvalue weighted by atomic mass is 10.1. The summed E-state index contributed by atoms with van der Waals surface area (Å²) in [5, 5.41) is 8.82. The van der Waals surface area contributed by atoms with Crippen LogP contribution in [-0.4, -0.2) is 42.2 Å². The number of ether oxygens (including phenoxy) is 2. The Morgan fingerprint density at radius 1 is 1.21 bits per heavy atom. The zero-order chi connectivity index (χ0) is 20.9. The maximum absolute atomic E-state index is 12.8. The van der Waals surface area contributed by atoms with Gasteiger partial charge >= 0.3 is 12.1 Å². The van der Waals surface area contributed by atoms with Gasteiger partial charge in [-0.2, -0.15) is 13.2 Å². The topological polar surface area (TPSA) is 59.0 Å². The van der Waals surface area contributed by atoms with Crippen LogP contribution in [0, 0.1) is 0 Å². The fourth-order valence-electron chi connectivity index (χ4n) is 3.14. The van der Waals surface area contributed by atoms with E-state index in [1.165, 1.54) is 6.07 Å². The van der Waals surface area contributed by atoms with Crippen LogP contribution in [0.3, 0.4) is 0 Å². The molecule has 5 nitrogen and oxygen atoms in total. The molecule has 156 valence electrons. The molecule has 1 aliphatic heterocycles. The predicted octanol–water partition coefficient (Wildman–Crippen LogP) is 4.13. The van der Waals surface area contributed by atoms with E-state index < -0.39 is 17.7 Å². The molecule has 1 saturated heterocycles. The third kappa shape index (κ3) is 6.20. The second kappa shape index (κ2) is 9.28. The Hall–Kier alpha value is -2.58. The highest BCUT2D eigenvalue weighted by Crippen LogP contribution is 2.30. The smallest absolute Gasteiger partial charge is 0.416 e. The summed E-state index contributed by atoms with van der Waals surface area (Å²) in [5.74, 6) is -0.278. The summed E-state index contributed by atoms with van der Waals surface area (Å²) in [4.78, 5) is 12.8. The molecule has 1 atom stereocenters. The minimum Gasteiger partial charge on any atom is -0.489 e. The minimum atomic E-state index is -4.38. The fraction of sp³-hybridized carbons (Fsp3) is 0.381. The number of benzene rings is 2. The monoisotopic (exact) mass is 409 g/mol. The van der Waals surface area contributed by atoms with Crippen LogP contribution in [-0.2, 0) is 22.3 Å². The first-order valence-corrected chi connectivity index (χ1v) is 9.26. The van der Waals surface area contributed by atoms with E-state index in [1.807, 2.05) is 12.1 Å². The molecular weight excluding hydrogens is 387 g/mol. The molecule has 1 heterocycles. The molecule has 2 aromatic rings. The van der Waals surface area contributed by atoms with E-state index in [4.69, 9.17) is 14.6 Å². The highest BCUT2D eigenvalue weighted by Gasteiger charge is 2.30. The Balaban J connectivity index is 1.56. The van der Waals surface area contributed by atoms with Crippen LogP contribution in [0.2, 0.25) is 0 Å². The van der Waals surface area contributed by atoms with Crippen molar-refractivity contribution >= 4 is 5.97 Å². The largest absolute Gasteiger partial charge is 0.489 e. The van der Waals surface area contributed by atoms with E-state index in [1.54, 1.807) is 18.2 Å². The van der Waals surface area contributed by atoms with Crippen molar-refractivity contribution in [2.24, 2.45) is 0 Å². The zero-order valence-corrected chi connectivity index (χ0v) is 15.7. The highest BCUT2D eigenvalue weighted by atomic mass is 19.4. The first-order valence-electron chi connectivity index (χ1n) is 9.26. The predicted molar refractivity (Wildman–Crippen MR) is 99.6 cm³/mol. The second-order valence-corrected chi connectivity index (χ2v) is 6.86. The summed E-state index contributed by atoms with van der Waals surface area (Å²) >= 11 is 0. The van der Waals surface area contributed by atoms with Crippen molar-refractivity contribution in [3.05, 3.63) is 65.2 Å². The lowest BCUT2D eigenvalue weighted by molar-refractivity contribution is -0.138. The lowest BCUT2D eigenvalue weighted by Crippen LogP contribution is -2.39. The summed E-state index contributed by atoms with van der Waals surface area (Å²) in [6.07, 6.45) is -4.44. The summed E-state index contributed by atoms with van der Waals surface area (Å²) in [7, 11) is 0. The summed E-state index contributed by atoms with van der Waals surface area (Å²) in [6, 6.07) is 12.3. The molecule has 0 bridgehead atoms. The van der Waals surface area contributed by atoms with E-state index >= 15 is 0 Å². The van der Waals surface area contributed by atoms with Gasteiger partial charge in [-0.05, 0) is 35.4 Å². The molecule has 8 heteroatoms. The van der Waals surface area contributed by atoms with Gasteiger partial charge < -0.3 is 14.6 Å². The first kappa shape index (κ1) is 21.1. The number of carboxylic acid groups (broad SMARTS) is 1. The van der Waals surface area contributed by atoms with Crippen molar-refractivity contribution in [2.75, 3.05) is 26.2 Å². The van der Waals surface area contributed by atoms with Gasteiger partial charge in [0.2, 0.25) is 0 Å². The number of carbonyl (C=O) groups is 1. The number of hydrogen-bond acceptors (Lipinski definition) is 4. The molecule has 0 amide bonds. The maximum Gasteiger partial charge on any atom is 0.416 e. The SMILES string of the molecule is O=C(O)CCN1CCOC(c2ccc(OCc3cccc(C(F)(F)F)c3)cc2)C1. The Kier molecular flexibility index (Phi) is 6.76. The number of hydrogen-bond donors (Lipinski definition) is 1. The molecule has 3 rings (SSSR count). The van der Waals surface area contributed by atoms with E-state index in [-0.39, 0.29) is 19.1 Å². The number of rotatable bonds is 7. The fourth-order valence-corrected chi connectivity index (χ4v) is 3.14. The standard InChI is InChI=1S/C21H22F3NO4/c22-21(23,24)17-3-1-2-15(12-17)14-29-18-6-4-16(5-7-18)19-13-25(10-11-28-19)9-8-20(26)27/h1-7,12,19H,8-11,13-14H2,(H,26,27). The van der Waals surface area contributed by atoms with Crippen molar-refractivity contribution in [3.8, 4) is 5.75 Å². The van der Waals surface area contributed by atoms with Crippen LogP contribution in [0.4, 0.5) is 13.2 Å². The third-order valence-electron chi connectivity index (χ3n) is 4.70. The van der Waals surface area contributed by atoms with Gasteiger partial charge in [-0.25, -0.2) is 0 Å². The van der Waals surface area contributed by atoms with Crippen LogP contribution < -0.4 is 4.74 Å².